The number of benzene rings is 2. The molecule has 0 aliphatic rings. The van der Waals surface area contributed by atoms with Crippen LogP contribution in [-0.4, -0.2) is 6.04 Å². The highest BCUT2D eigenvalue weighted by Gasteiger charge is 2.12. The van der Waals surface area contributed by atoms with Crippen LogP contribution in [0.2, 0.25) is 0 Å². The van der Waals surface area contributed by atoms with Crippen molar-refractivity contribution >= 4 is 37.5 Å². The number of nitrogens with one attached hydrogen (secondary N) is 1. The molecule has 0 bridgehead atoms. The molecule has 0 aliphatic heterocycles. The van der Waals surface area contributed by atoms with Crippen LogP contribution in [0.5, 0.6) is 0 Å². The first-order valence-corrected chi connectivity index (χ1v) is 7.70. The standard InChI is InChI=1S/C15H13Br2F2N/c1-9(6-10-2-4-11(16)5-3-10)20-15-13(17)7-12(18)8-14(15)19/h2-5,7-9,20H,6H2,1H3. The maximum Gasteiger partial charge on any atom is 0.150 e. The van der Waals surface area contributed by atoms with Crippen molar-refractivity contribution in [2.45, 2.75) is 19.4 Å². The minimum atomic E-state index is -0.598. The molecule has 0 aromatic heterocycles. The Balaban J connectivity index is 2.08. The normalized spacial score (nSPS) is 12.2. The van der Waals surface area contributed by atoms with Crippen LogP contribution in [0.4, 0.5) is 14.5 Å². The van der Waals surface area contributed by atoms with Crippen LogP contribution in [0.15, 0.2) is 45.3 Å². The summed E-state index contributed by atoms with van der Waals surface area (Å²) in [5.41, 5.74) is 1.43. The Morgan fingerprint density at radius 1 is 1.10 bits per heavy atom. The van der Waals surface area contributed by atoms with Gasteiger partial charge in [0.25, 0.3) is 0 Å². The highest BCUT2D eigenvalue weighted by Crippen LogP contribution is 2.27. The summed E-state index contributed by atoms with van der Waals surface area (Å²) in [7, 11) is 0. The second-order valence-electron chi connectivity index (χ2n) is 4.62. The van der Waals surface area contributed by atoms with Gasteiger partial charge in [0.1, 0.15) is 11.6 Å². The zero-order chi connectivity index (χ0) is 14.7. The Hall–Kier alpha value is -0.940. The molecule has 2 aromatic rings. The minimum Gasteiger partial charge on any atom is -0.379 e. The maximum absolute atomic E-state index is 13.7. The Morgan fingerprint density at radius 2 is 1.75 bits per heavy atom. The molecule has 20 heavy (non-hydrogen) atoms. The van der Waals surface area contributed by atoms with E-state index in [0.717, 1.165) is 22.5 Å². The molecule has 106 valence electrons. The number of rotatable bonds is 4. The highest BCUT2D eigenvalue weighted by molar-refractivity contribution is 9.10. The van der Waals surface area contributed by atoms with Crippen molar-refractivity contribution < 1.29 is 8.78 Å². The number of halogens is 4. The van der Waals surface area contributed by atoms with Crippen LogP contribution in [0.25, 0.3) is 0 Å². The van der Waals surface area contributed by atoms with Crippen LogP contribution < -0.4 is 5.32 Å². The predicted octanol–water partition coefficient (Wildman–Crippen LogP) is 5.53. The van der Waals surface area contributed by atoms with E-state index in [1.54, 1.807) is 0 Å². The summed E-state index contributed by atoms with van der Waals surface area (Å²) >= 11 is 6.56. The Kier molecular flexibility index (Phi) is 5.16. The van der Waals surface area contributed by atoms with Gasteiger partial charge in [0.05, 0.1) is 5.69 Å². The van der Waals surface area contributed by atoms with E-state index in [1.165, 1.54) is 6.07 Å². The first-order valence-electron chi connectivity index (χ1n) is 6.11. The van der Waals surface area contributed by atoms with E-state index in [2.05, 4.69) is 37.2 Å². The second kappa shape index (κ2) is 6.68. The highest BCUT2D eigenvalue weighted by atomic mass is 79.9. The molecule has 2 rings (SSSR count). The third-order valence-corrected chi connectivity index (χ3v) is 4.01. The molecular formula is C15H13Br2F2N. The van der Waals surface area contributed by atoms with E-state index in [0.29, 0.717) is 4.47 Å². The van der Waals surface area contributed by atoms with Crippen molar-refractivity contribution in [3.63, 3.8) is 0 Å². The molecule has 0 fully saturated rings. The average Bonchev–Trinajstić information content (AvgIpc) is 2.36. The van der Waals surface area contributed by atoms with E-state index in [4.69, 9.17) is 0 Å². The lowest BCUT2D eigenvalue weighted by Crippen LogP contribution is -2.19. The van der Waals surface area contributed by atoms with Crippen molar-refractivity contribution in [3.05, 3.63) is 62.5 Å². The monoisotopic (exact) mass is 403 g/mol. The van der Waals surface area contributed by atoms with Gasteiger partial charge in [-0.25, -0.2) is 8.78 Å². The lowest BCUT2D eigenvalue weighted by atomic mass is 10.1. The van der Waals surface area contributed by atoms with Gasteiger partial charge in [0.15, 0.2) is 0 Å². The summed E-state index contributed by atoms with van der Waals surface area (Å²) in [6.45, 7) is 1.96. The zero-order valence-electron chi connectivity index (χ0n) is 10.8. The van der Waals surface area contributed by atoms with Crippen molar-refractivity contribution in [3.8, 4) is 0 Å². The quantitative estimate of drug-likeness (QED) is 0.706. The molecular weight excluding hydrogens is 392 g/mol. The summed E-state index contributed by atoms with van der Waals surface area (Å²) in [5.74, 6) is -1.19. The van der Waals surface area contributed by atoms with Crippen molar-refractivity contribution in [2.24, 2.45) is 0 Å². The summed E-state index contributed by atoms with van der Waals surface area (Å²) in [5, 5.41) is 3.07. The Morgan fingerprint density at radius 3 is 2.35 bits per heavy atom. The Bertz CT molecular complexity index is 576. The molecule has 5 heteroatoms. The van der Waals surface area contributed by atoms with E-state index >= 15 is 0 Å². The Labute approximate surface area is 133 Å². The fraction of sp³-hybridized carbons (Fsp3) is 0.200. The molecule has 1 nitrogen and oxygen atoms in total. The van der Waals surface area contributed by atoms with E-state index in [9.17, 15) is 8.78 Å². The van der Waals surface area contributed by atoms with E-state index in [1.807, 2.05) is 31.2 Å². The summed E-state index contributed by atoms with van der Waals surface area (Å²) in [4.78, 5) is 0. The number of anilines is 1. The van der Waals surface area contributed by atoms with Crippen LogP contribution >= 0.6 is 31.9 Å². The third kappa shape index (κ3) is 4.03. The van der Waals surface area contributed by atoms with Gasteiger partial charge in [-0.2, -0.15) is 0 Å². The fourth-order valence-electron chi connectivity index (χ4n) is 1.95. The molecule has 0 saturated heterocycles. The third-order valence-electron chi connectivity index (χ3n) is 2.85. The number of hydrogen-bond acceptors (Lipinski definition) is 1. The predicted molar refractivity (Wildman–Crippen MR) is 85.0 cm³/mol. The van der Waals surface area contributed by atoms with Gasteiger partial charge in [-0.05, 0) is 53.0 Å². The number of hydrogen-bond donors (Lipinski definition) is 1. The van der Waals surface area contributed by atoms with Crippen LogP contribution in [0.3, 0.4) is 0 Å². The smallest absolute Gasteiger partial charge is 0.150 e. The molecule has 0 spiro atoms. The SMILES string of the molecule is CC(Cc1ccc(Br)cc1)Nc1c(F)cc(F)cc1Br. The molecule has 0 amide bonds. The lowest BCUT2D eigenvalue weighted by molar-refractivity contribution is 0.581. The fourth-order valence-corrected chi connectivity index (χ4v) is 2.74. The van der Waals surface area contributed by atoms with Crippen molar-refractivity contribution in [1.82, 2.24) is 0 Å². The largest absolute Gasteiger partial charge is 0.379 e. The lowest BCUT2D eigenvalue weighted by Gasteiger charge is -2.17. The van der Waals surface area contributed by atoms with Gasteiger partial charge < -0.3 is 5.32 Å². The molecule has 2 aromatic carbocycles. The topological polar surface area (TPSA) is 12.0 Å². The van der Waals surface area contributed by atoms with Crippen LogP contribution in [-0.2, 0) is 6.42 Å². The average molecular weight is 405 g/mol. The van der Waals surface area contributed by atoms with Gasteiger partial charge in [-0.15, -0.1) is 0 Å². The van der Waals surface area contributed by atoms with Crippen molar-refractivity contribution in [1.29, 1.82) is 0 Å². The molecule has 0 radical (unpaired) electrons. The first kappa shape index (κ1) is 15.4. The van der Waals surface area contributed by atoms with Crippen LogP contribution in [0.1, 0.15) is 12.5 Å². The van der Waals surface area contributed by atoms with Crippen LogP contribution in [0, 0.1) is 11.6 Å². The first-order chi connectivity index (χ1) is 9.45. The molecule has 0 saturated carbocycles. The van der Waals surface area contributed by atoms with Gasteiger partial charge in [0, 0.05) is 21.1 Å². The molecule has 0 aliphatic carbocycles. The van der Waals surface area contributed by atoms with Crippen molar-refractivity contribution in [2.75, 3.05) is 5.32 Å². The van der Waals surface area contributed by atoms with Gasteiger partial charge >= 0.3 is 0 Å². The second-order valence-corrected chi connectivity index (χ2v) is 6.39. The molecule has 0 heterocycles. The van der Waals surface area contributed by atoms with E-state index < -0.39 is 11.6 Å². The van der Waals surface area contributed by atoms with Gasteiger partial charge in [0.2, 0.25) is 0 Å². The van der Waals surface area contributed by atoms with Gasteiger partial charge in [-0.1, -0.05) is 28.1 Å². The summed E-state index contributed by atoms with van der Waals surface area (Å²) in [6, 6.07) is 10.1. The molecule has 1 N–H and O–H groups in total. The maximum atomic E-state index is 13.7. The zero-order valence-corrected chi connectivity index (χ0v) is 13.9. The van der Waals surface area contributed by atoms with E-state index in [-0.39, 0.29) is 11.7 Å². The minimum absolute atomic E-state index is 0.0208. The summed E-state index contributed by atoms with van der Waals surface area (Å²) < 4.78 is 28.2. The van der Waals surface area contributed by atoms with Gasteiger partial charge in [-0.3, -0.25) is 0 Å². The summed E-state index contributed by atoms with van der Waals surface area (Å²) in [6.07, 6.45) is 0.747. The molecule has 1 unspecified atom stereocenters. The molecule has 1 atom stereocenters.